The Bertz CT molecular complexity index is 388. The number of aromatic nitrogens is 1. The van der Waals surface area contributed by atoms with Crippen LogP contribution in [0.1, 0.15) is 49.8 Å². The van der Waals surface area contributed by atoms with Crippen molar-refractivity contribution >= 4 is 0 Å². The lowest BCUT2D eigenvalue weighted by Crippen LogP contribution is -2.47. The molecule has 1 atom stereocenters. The number of hydrogen-bond acceptors (Lipinski definition) is 4. The van der Waals surface area contributed by atoms with Gasteiger partial charge in [0.05, 0.1) is 11.6 Å². The summed E-state index contributed by atoms with van der Waals surface area (Å²) < 4.78 is 6.08. The zero-order valence-corrected chi connectivity index (χ0v) is 11.3. The summed E-state index contributed by atoms with van der Waals surface area (Å²) >= 11 is 0. The lowest BCUT2D eigenvalue weighted by atomic mass is 9.86. The van der Waals surface area contributed by atoms with Gasteiger partial charge in [-0.3, -0.25) is 10.8 Å². The van der Waals surface area contributed by atoms with Crippen molar-refractivity contribution < 1.29 is 4.74 Å². The van der Waals surface area contributed by atoms with E-state index in [0.29, 0.717) is 0 Å². The average Bonchev–Trinajstić information content (AvgIpc) is 2.82. The van der Waals surface area contributed by atoms with E-state index in [-0.39, 0.29) is 11.6 Å². The van der Waals surface area contributed by atoms with Crippen LogP contribution >= 0.6 is 0 Å². The molecule has 0 aliphatic heterocycles. The predicted octanol–water partition coefficient (Wildman–Crippen LogP) is 2.24. The minimum Gasteiger partial charge on any atom is -0.373 e. The Hall–Kier alpha value is -0.970. The fraction of sp³-hybridized carbons (Fsp3) is 0.643. The van der Waals surface area contributed by atoms with Crippen LogP contribution in [-0.2, 0) is 4.74 Å². The van der Waals surface area contributed by atoms with Crippen molar-refractivity contribution in [1.82, 2.24) is 10.4 Å². The predicted molar refractivity (Wildman–Crippen MR) is 71.9 cm³/mol. The van der Waals surface area contributed by atoms with E-state index in [1.165, 1.54) is 18.4 Å². The molecule has 0 aromatic carbocycles. The van der Waals surface area contributed by atoms with Gasteiger partial charge in [-0.05, 0) is 43.9 Å². The van der Waals surface area contributed by atoms with E-state index >= 15 is 0 Å². The molecule has 1 fully saturated rings. The van der Waals surface area contributed by atoms with Crippen molar-refractivity contribution in [3.63, 3.8) is 0 Å². The Labute approximate surface area is 109 Å². The first-order chi connectivity index (χ1) is 8.73. The highest BCUT2D eigenvalue weighted by Gasteiger charge is 2.43. The highest BCUT2D eigenvalue weighted by Crippen LogP contribution is 2.43. The van der Waals surface area contributed by atoms with E-state index in [2.05, 4.69) is 17.3 Å². The third-order valence-corrected chi connectivity index (χ3v) is 3.97. The van der Waals surface area contributed by atoms with E-state index in [0.717, 1.165) is 25.0 Å². The first kappa shape index (κ1) is 13.5. The van der Waals surface area contributed by atoms with E-state index in [9.17, 15) is 0 Å². The maximum atomic E-state index is 6.08. The van der Waals surface area contributed by atoms with Gasteiger partial charge >= 0.3 is 0 Å². The Morgan fingerprint density at radius 2 is 2.22 bits per heavy atom. The van der Waals surface area contributed by atoms with E-state index in [4.69, 9.17) is 10.6 Å². The van der Waals surface area contributed by atoms with Crippen LogP contribution in [0.3, 0.4) is 0 Å². The number of aryl methyl sites for hydroxylation is 1. The molecule has 1 heterocycles. The topological polar surface area (TPSA) is 60.2 Å². The Morgan fingerprint density at radius 3 is 2.78 bits per heavy atom. The van der Waals surface area contributed by atoms with Gasteiger partial charge in [-0.15, -0.1) is 0 Å². The molecule has 1 unspecified atom stereocenters. The first-order valence-electron chi connectivity index (χ1n) is 6.74. The van der Waals surface area contributed by atoms with Crippen LogP contribution in [-0.4, -0.2) is 17.2 Å². The lowest BCUT2D eigenvalue weighted by molar-refractivity contribution is -0.0629. The van der Waals surface area contributed by atoms with Crippen molar-refractivity contribution in [1.29, 1.82) is 0 Å². The number of rotatable bonds is 5. The number of nitrogens with zero attached hydrogens (tertiary/aromatic N) is 1. The highest BCUT2D eigenvalue weighted by molar-refractivity contribution is 5.28. The van der Waals surface area contributed by atoms with Gasteiger partial charge in [0.1, 0.15) is 0 Å². The molecule has 0 radical (unpaired) electrons. The van der Waals surface area contributed by atoms with Crippen LogP contribution in [0.4, 0.5) is 0 Å². The fourth-order valence-electron chi connectivity index (χ4n) is 3.08. The summed E-state index contributed by atoms with van der Waals surface area (Å²) in [4.78, 5) is 4.23. The molecular weight excluding hydrogens is 226 g/mol. The molecule has 1 aromatic heterocycles. The van der Waals surface area contributed by atoms with Gasteiger partial charge in [0, 0.05) is 19.0 Å². The normalized spacial score (nSPS) is 19.9. The summed E-state index contributed by atoms with van der Waals surface area (Å²) in [5, 5.41) is 0. The van der Waals surface area contributed by atoms with Gasteiger partial charge in [0.25, 0.3) is 0 Å². The van der Waals surface area contributed by atoms with Crippen LogP contribution in [0.15, 0.2) is 18.5 Å². The minimum absolute atomic E-state index is 0.0219. The zero-order chi connectivity index (χ0) is 13.0. The van der Waals surface area contributed by atoms with Gasteiger partial charge in [-0.2, -0.15) is 0 Å². The van der Waals surface area contributed by atoms with Crippen LogP contribution in [0.5, 0.6) is 0 Å². The third kappa shape index (κ3) is 2.41. The highest BCUT2D eigenvalue weighted by atomic mass is 16.5. The van der Waals surface area contributed by atoms with E-state index in [1.54, 1.807) is 0 Å². The molecule has 0 spiro atoms. The molecule has 0 bridgehead atoms. The van der Waals surface area contributed by atoms with E-state index < -0.39 is 0 Å². The molecule has 1 saturated carbocycles. The lowest BCUT2D eigenvalue weighted by Gasteiger charge is -2.37. The van der Waals surface area contributed by atoms with E-state index in [1.807, 2.05) is 25.4 Å². The molecule has 4 heteroatoms. The van der Waals surface area contributed by atoms with Crippen LogP contribution in [0.25, 0.3) is 0 Å². The van der Waals surface area contributed by atoms with Gasteiger partial charge in [0.2, 0.25) is 0 Å². The van der Waals surface area contributed by atoms with Crippen LogP contribution in [0, 0.1) is 6.92 Å². The molecule has 4 nitrogen and oxygen atoms in total. The van der Waals surface area contributed by atoms with Crippen molar-refractivity contribution in [2.45, 2.75) is 51.2 Å². The largest absolute Gasteiger partial charge is 0.373 e. The summed E-state index contributed by atoms with van der Waals surface area (Å²) in [6.45, 7) is 4.86. The maximum absolute atomic E-state index is 6.08. The molecule has 0 amide bonds. The quantitative estimate of drug-likeness (QED) is 0.620. The molecule has 1 aromatic rings. The molecule has 3 N–H and O–H groups in total. The van der Waals surface area contributed by atoms with Crippen LogP contribution < -0.4 is 11.3 Å². The molecule has 2 rings (SSSR count). The Kier molecular flexibility index (Phi) is 4.32. The SMILES string of the molecule is CCOC1(C(NN)c2cnccc2C)CCCC1. The van der Waals surface area contributed by atoms with Crippen molar-refractivity contribution in [2.24, 2.45) is 5.84 Å². The number of hydrogen-bond donors (Lipinski definition) is 2. The number of pyridine rings is 1. The molecule has 1 aliphatic carbocycles. The summed E-state index contributed by atoms with van der Waals surface area (Å²) in [5.41, 5.74) is 5.15. The molecular formula is C14H23N3O. The van der Waals surface area contributed by atoms with Crippen molar-refractivity contribution in [3.8, 4) is 0 Å². The van der Waals surface area contributed by atoms with Gasteiger partial charge < -0.3 is 4.74 Å². The van der Waals surface area contributed by atoms with Gasteiger partial charge in [-0.25, -0.2) is 5.43 Å². The average molecular weight is 249 g/mol. The smallest absolute Gasteiger partial charge is 0.0889 e. The van der Waals surface area contributed by atoms with Gasteiger partial charge in [-0.1, -0.05) is 12.8 Å². The van der Waals surface area contributed by atoms with Crippen molar-refractivity contribution in [2.75, 3.05) is 6.61 Å². The monoisotopic (exact) mass is 249 g/mol. The second-order valence-electron chi connectivity index (χ2n) is 5.04. The number of ether oxygens (including phenoxy) is 1. The Balaban J connectivity index is 2.34. The van der Waals surface area contributed by atoms with Crippen LogP contribution in [0.2, 0.25) is 0 Å². The second kappa shape index (κ2) is 5.78. The summed E-state index contributed by atoms with van der Waals surface area (Å²) in [6, 6.07) is 2.04. The third-order valence-electron chi connectivity index (χ3n) is 3.97. The second-order valence-corrected chi connectivity index (χ2v) is 5.04. The standard InChI is InChI=1S/C14H23N3O/c1-3-18-14(7-4-5-8-14)13(17-15)12-10-16-9-6-11(12)2/h6,9-10,13,17H,3-5,7-8,15H2,1-2H3. The number of nitrogens with one attached hydrogen (secondary N) is 1. The Morgan fingerprint density at radius 1 is 1.50 bits per heavy atom. The molecule has 18 heavy (non-hydrogen) atoms. The summed E-state index contributed by atoms with van der Waals surface area (Å²) in [7, 11) is 0. The molecule has 100 valence electrons. The van der Waals surface area contributed by atoms with Crippen molar-refractivity contribution in [3.05, 3.63) is 29.6 Å². The zero-order valence-electron chi connectivity index (χ0n) is 11.3. The molecule has 1 aliphatic rings. The maximum Gasteiger partial charge on any atom is 0.0889 e. The molecule has 0 saturated heterocycles. The number of hydrazine groups is 1. The van der Waals surface area contributed by atoms with Gasteiger partial charge in [0.15, 0.2) is 0 Å². The number of nitrogens with two attached hydrogens (primary N) is 1. The fourth-order valence-corrected chi connectivity index (χ4v) is 3.08. The summed E-state index contributed by atoms with van der Waals surface area (Å²) in [5.74, 6) is 5.81. The minimum atomic E-state index is -0.169. The summed E-state index contributed by atoms with van der Waals surface area (Å²) in [6.07, 6.45) is 8.25. The first-order valence-corrected chi connectivity index (χ1v) is 6.74.